The number of aliphatic hydroxyl groups is 2. The standard InChI is InChI=1S/C16H14N4O7S/c21-15-14(16(22)23)19-13-9(6-10(20(24)25)7-12(13)18-15)8-17-28(26,27)11-4-2-1-3-5-11/h1-7,16-17,22-23H,8H2,(H,18,21). The normalized spacial score (nSPS) is 11.8. The van der Waals surface area contributed by atoms with Crippen LogP contribution in [0.5, 0.6) is 0 Å². The number of nitro benzene ring substituents is 1. The number of hydrogen-bond acceptors (Lipinski definition) is 8. The Balaban J connectivity index is 2.09. The molecular formula is C16H14N4O7S. The second kappa shape index (κ2) is 7.44. The number of aromatic amines is 1. The minimum Gasteiger partial charge on any atom is -0.363 e. The first kappa shape index (κ1) is 19.6. The highest BCUT2D eigenvalue weighted by Crippen LogP contribution is 2.23. The van der Waals surface area contributed by atoms with Crippen molar-refractivity contribution in [2.75, 3.05) is 0 Å². The summed E-state index contributed by atoms with van der Waals surface area (Å²) in [5.41, 5.74) is -1.92. The maximum atomic E-state index is 12.4. The van der Waals surface area contributed by atoms with Gasteiger partial charge in [0.15, 0.2) is 5.69 Å². The zero-order valence-electron chi connectivity index (χ0n) is 14.1. The molecule has 0 fully saturated rings. The van der Waals surface area contributed by atoms with Gasteiger partial charge in [0.2, 0.25) is 16.3 Å². The van der Waals surface area contributed by atoms with Crippen LogP contribution in [-0.2, 0) is 16.6 Å². The van der Waals surface area contributed by atoms with Crippen molar-refractivity contribution in [2.45, 2.75) is 17.7 Å². The van der Waals surface area contributed by atoms with E-state index in [2.05, 4.69) is 14.7 Å². The summed E-state index contributed by atoms with van der Waals surface area (Å²) in [5.74, 6) is 0. The van der Waals surface area contributed by atoms with Crippen molar-refractivity contribution in [2.24, 2.45) is 0 Å². The molecule has 11 nitrogen and oxygen atoms in total. The van der Waals surface area contributed by atoms with E-state index in [1.807, 2.05) is 0 Å². The van der Waals surface area contributed by atoms with Gasteiger partial charge in [-0.25, -0.2) is 18.1 Å². The average Bonchev–Trinajstić information content (AvgIpc) is 2.65. The van der Waals surface area contributed by atoms with Crippen LogP contribution in [0.3, 0.4) is 0 Å². The third-order valence-corrected chi connectivity index (χ3v) is 5.27. The van der Waals surface area contributed by atoms with Crippen molar-refractivity contribution in [3.63, 3.8) is 0 Å². The molecule has 12 heteroatoms. The summed E-state index contributed by atoms with van der Waals surface area (Å²) in [5, 5.41) is 29.7. The number of nitrogens with zero attached hydrogens (tertiary/aromatic N) is 2. The van der Waals surface area contributed by atoms with Gasteiger partial charge in [0.25, 0.3) is 11.2 Å². The summed E-state index contributed by atoms with van der Waals surface area (Å²) in [6.45, 7) is -0.380. The number of aliphatic hydroxyl groups excluding tert-OH is 1. The lowest BCUT2D eigenvalue weighted by Gasteiger charge is -2.10. The van der Waals surface area contributed by atoms with Crippen LogP contribution in [0.2, 0.25) is 0 Å². The van der Waals surface area contributed by atoms with Crippen molar-refractivity contribution < 1.29 is 23.6 Å². The van der Waals surface area contributed by atoms with E-state index in [0.717, 1.165) is 12.1 Å². The fourth-order valence-corrected chi connectivity index (χ4v) is 3.56. The average molecular weight is 406 g/mol. The molecule has 3 aromatic rings. The Morgan fingerprint density at radius 2 is 1.89 bits per heavy atom. The molecule has 28 heavy (non-hydrogen) atoms. The first-order valence-electron chi connectivity index (χ1n) is 7.81. The number of aromatic nitrogens is 2. The first-order chi connectivity index (χ1) is 13.2. The third-order valence-electron chi connectivity index (χ3n) is 3.85. The molecule has 4 N–H and O–H groups in total. The highest BCUT2D eigenvalue weighted by molar-refractivity contribution is 7.89. The Labute approximate surface area is 157 Å². The molecule has 0 unspecified atom stereocenters. The Morgan fingerprint density at radius 1 is 1.21 bits per heavy atom. The molecule has 0 amide bonds. The van der Waals surface area contributed by atoms with Gasteiger partial charge in [-0.3, -0.25) is 14.9 Å². The van der Waals surface area contributed by atoms with Gasteiger partial charge in [0.1, 0.15) is 0 Å². The van der Waals surface area contributed by atoms with Crippen molar-refractivity contribution in [1.29, 1.82) is 0 Å². The van der Waals surface area contributed by atoms with Gasteiger partial charge in [0, 0.05) is 24.2 Å². The van der Waals surface area contributed by atoms with Gasteiger partial charge < -0.3 is 15.2 Å². The summed E-state index contributed by atoms with van der Waals surface area (Å²) < 4.78 is 27.1. The van der Waals surface area contributed by atoms with Gasteiger partial charge in [-0.15, -0.1) is 0 Å². The molecule has 2 aromatic carbocycles. The molecule has 0 spiro atoms. The lowest BCUT2D eigenvalue weighted by molar-refractivity contribution is -0.384. The zero-order valence-corrected chi connectivity index (χ0v) is 14.9. The number of H-pyrrole nitrogens is 1. The van der Waals surface area contributed by atoms with Crippen LogP contribution in [0.25, 0.3) is 11.0 Å². The second-order valence-electron chi connectivity index (χ2n) is 5.72. The molecule has 0 saturated heterocycles. The smallest absolute Gasteiger partial charge is 0.275 e. The number of rotatable bonds is 6. The molecule has 0 atom stereocenters. The summed E-state index contributed by atoms with van der Waals surface area (Å²) in [6, 6.07) is 9.63. The first-order valence-corrected chi connectivity index (χ1v) is 9.29. The fraction of sp³-hybridized carbons (Fsp3) is 0.125. The van der Waals surface area contributed by atoms with E-state index >= 15 is 0 Å². The minimum atomic E-state index is -3.91. The van der Waals surface area contributed by atoms with Gasteiger partial charge >= 0.3 is 0 Å². The van der Waals surface area contributed by atoms with E-state index in [1.54, 1.807) is 18.2 Å². The monoisotopic (exact) mass is 406 g/mol. The van der Waals surface area contributed by atoms with Crippen LogP contribution in [0.15, 0.2) is 52.2 Å². The Bertz CT molecular complexity index is 1210. The topological polar surface area (TPSA) is 176 Å². The van der Waals surface area contributed by atoms with Gasteiger partial charge in [-0.2, -0.15) is 0 Å². The Hall–Kier alpha value is -3.19. The van der Waals surface area contributed by atoms with Crippen LogP contribution in [0.4, 0.5) is 5.69 Å². The summed E-state index contributed by atoms with van der Waals surface area (Å²) >= 11 is 0. The summed E-state index contributed by atoms with van der Waals surface area (Å²) in [6.07, 6.45) is -2.17. The van der Waals surface area contributed by atoms with Crippen molar-refractivity contribution >= 4 is 26.7 Å². The highest BCUT2D eigenvalue weighted by Gasteiger charge is 2.20. The molecular weight excluding hydrogens is 392 g/mol. The zero-order chi connectivity index (χ0) is 20.5. The van der Waals surface area contributed by atoms with Crippen molar-refractivity contribution in [1.82, 2.24) is 14.7 Å². The number of nitro groups is 1. The maximum absolute atomic E-state index is 12.4. The molecule has 0 aliphatic carbocycles. The quantitative estimate of drug-likeness (QED) is 0.256. The van der Waals surface area contributed by atoms with E-state index in [0.29, 0.717) is 0 Å². The largest absolute Gasteiger partial charge is 0.363 e. The highest BCUT2D eigenvalue weighted by atomic mass is 32.2. The Morgan fingerprint density at radius 3 is 2.50 bits per heavy atom. The fourth-order valence-electron chi connectivity index (χ4n) is 2.53. The predicted octanol–water partition coefficient (Wildman–Crippen LogP) is 0.293. The lowest BCUT2D eigenvalue weighted by Crippen LogP contribution is -2.24. The van der Waals surface area contributed by atoms with E-state index in [9.17, 15) is 33.5 Å². The molecule has 1 aromatic heterocycles. The molecule has 0 radical (unpaired) electrons. The molecule has 146 valence electrons. The third kappa shape index (κ3) is 3.89. The number of nitrogens with one attached hydrogen (secondary N) is 2. The second-order valence-corrected chi connectivity index (χ2v) is 7.49. The van der Waals surface area contributed by atoms with Crippen LogP contribution in [0.1, 0.15) is 17.5 Å². The van der Waals surface area contributed by atoms with E-state index in [1.165, 1.54) is 12.1 Å². The number of non-ortho nitro benzene ring substituents is 1. The summed E-state index contributed by atoms with van der Waals surface area (Å²) in [7, 11) is -3.91. The molecule has 1 heterocycles. The van der Waals surface area contributed by atoms with Crippen LogP contribution in [-0.4, -0.2) is 33.5 Å². The van der Waals surface area contributed by atoms with Gasteiger partial charge in [-0.05, 0) is 12.1 Å². The van der Waals surface area contributed by atoms with E-state index in [-0.39, 0.29) is 28.0 Å². The predicted molar refractivity (Wildman–Crippen MR) is 96.7 cm³/mol. The lowest BCUT2D eigenvalue weighted by atomic mass is 10.1. The molecule has 0 saturated carbocycles. The maximum Gasteiger partial charge on any atom is 0.275 e. The van der Waals surface area contributed by atoms with E-state index < -0.39 is 38.2 Å². The molecule has 0 aliphatic rings. The SMILES string of the molecule is O=c1[nH]c2cc([N+](=O)[O-])cc(CNS(=O)(=O)c3ccccc3)c2nc1C(O)O. The minimum absolute atomic E-state index is 0.00225. The summed E-state index contributed by atoms with van der Waals surface area (Å²) in [4.78, 5) is 28.4. The molecule has 0 bridgehead atoms. The number of benzene rings is 2. The molecule has 0 aliphatic heterocycles. The van der Waals surface area contributed by atoms with Crippen LogP contribution < -0.4 is 10.3 Å². The number of fused-ring (bicyclic) bond motifs is 1. The Kier molecular flexibility index (Phi) is 5.20. The van der Waals surface area contributed by atoms with Crippen molar-refractivity contribution in [3.05, 3.63) is 74.2 Å². The van der Waals surface area contributed by atoms with Crippen molar-refractivity contribution in [3.8, 4) is 0 Å². The van der Waals surface area contributed by atoms with Crippen LogP contribution >= 0.6 is 0 Å². The number of sulfonamides is 1. The van der Waals surface area contributed by atoms with Gasteiger partial charge in [-0.1, -0.05) is 18.2 Å². The van der Waals surface area contributed by atoms with Crippen LogP contribution in [0, 0.1) is 10.1 Å². The number of hydrogen-bond donors (Lipinski definition) is 4. The van der Waals surface area contributed by atoms with E-state index in [4.69, 9.17) is 0 Å². The molecule has 3 rings (SSSR count). The van der Waals surface area contributed by atoms with Gasteiger partial charge in [0.05, 0.1) is 20.9 Å².